The lowest BCUT2D eigenvalue weighted by Gasteiger charge is -2.22. The number of carbonyl (C=O) groups is 2. The average Bonchev–Trinajstić information content (AvgIpc) is 2.81. The van der Waals surface area contributed by atoms with Crippen LogP contribution >= 0.6 is 27.5 Å². The Kier molecular flexibility index (Phi) is 3.92. The summed E-state index contributed by atoms with van der Waals surface area (Å²) in [5, 5.41) is 0.359. The van der Waals surface area contributed by atoms with Gasteiger partial charge in [0, 0.05) is 11.0 Å². The minimum atomic E-state index is -0.521. The highest BCUT2D eigenvalue weighted by Gasteiger charge is 2.33. The molecule has 0 bridgehead atoms. The lowest BCUT2D eigenvalue weighted by Crippen LogP contribution is -2.43. The number of hydrogen-bond donors (Lipinski definition) is 1. The molecule has 0 saturated carbocycles. The van der Waals surface area contributed by atoms with Gasteiger partial charge in [0.05, 0.1) is 10.6 Å². The first kappa shape index (κ1) is 13.4. The smallest absolute Gasteiger partial charge is 0.256 e. The van der Waals surface area contributed by atoms with Gasteiger partial charge in [0.2, 0.25) is 5.91 Å². The molecule has 1 aromatic rings. The summed E-state index contributed by atoms with van der Waals surface area (Å²) in [6.45, 7) is 0.537. The molecule has 0 radical (unpaired) electrons. The molecule has 1 unspecified atom stereocenters. The molecule has 1 aromatic carbocycles. The van der Waals surface area contributed by atoms with Gasteiger partial charge in [0.15, 0.2) is 0 Å². The van der Waals surface area contributed by atoms with E-state index in [-0.39, 0.29) is 5.91 Å². The van der Waals surface area contributed by atoms with Crippen molar-refractivity contribution in [2.45, 2.75) is 18.9 Å². The maximum absolute atomic E-state index is 12.3. The SMILES string of the molecule is NC(=O)C1CCCN1C(=O)c1cccc(Br)c1Cl. The van der Waals surface area contributed by atoms with Gasteiger partial charge in [-0.2, -0.15) is 0 Å². The van der Waals surface area contributed by atoms with Crippen molar-refractivity contribution in [1.29, 1.82) is 0 Å². The summed E-state index contributed by atoms with van der Waals surface area (Å²) < 4.78 is 0.657. The van der Waals surface area contributed by atoms with E-state index in [1.807, 2.05) is 0 Å². The van der Waals surface area contributed by atoms with Gasteiger partial charge in [-0.3, -0.25) is 9.59 Å². The highest BCUT2D eigenvalue weighted by atomic mass is 79.9. The molecule has 1 aliphatic rings. The minimum Gasteiger partial charge on any atom is -0.368 e. The third kappa shape index (κ3) is 2.37. The van der Waals surface area contributed by atoms with Crippen LogP contribution < -0.4 is 5.73 Å². The Morgan fingerprint density at radius 3 is 2.83 bits per heavy atom. The summed E-state index contributed by atoms with van der Waals surface area (Å²) >= 11 is 9.36. The van der Waals surface area contributed by atoms with Crippen LogP contribution in [-0.2, 0) is 4.79 Å². The second kappa shape index (κ2) is 5.28. The highest BCUT2D eigenvalue weighted by molar-refractivity contribution is 9.10. The van der Waals surface area contributed by atoms with E-state index in [0.29, 0.717) is 28.0 Å². The van der Waals surface area contributed by atoms with Crippen LogP contribution in [-0.4, -0.2) is 29.3 Å². The van der Waals surface area contributed by atoms with E-state index in [4.69, 9.17) is 17.3 Å². The Labute approximate surface area is 118 Å². The Morgan fingerprint density at radius 1 is 1.44 bits per heavy atom. The van der Waals surface area contributed by atoms with E-state index in [9.17, 15) is 9.59 Å². The third-order valence-corrected chi connectivity index (χ3v) is 4.32. The first-order chi connectivity index (χ1) is 8.52. The third-order valence-electron chi connectivity index (χ3n) is 3.02. The van der Waals surface area contributed by atoms with E-state index >= 15 is 0 Å². The molecule has 4 nitrogen and oxygen atoms in total. The molecule has 0 aliphatic carbocycles. The number of likely N-dealkylation sites (tertiary alicyclic amines) is 1. The first-order valence-electron chi connectivity index (χ1n) is 5.56. The van der Waals surface area contributed by atoms with Crippen molar-refractivity contribution in [3.63, 3.8) is 0 Å². The van der Waals surface area contributed by atoms with Gasteiger partial charge in [-0.1, -0.05) is 17.7 Å². The molecule has 2 N–H and O–H groups in total. The van der Waals surface area contributed by atoms with Gasteiger partial charge in [-0.25, -0.2) is 0 Å². The highest BCUT2D eigenvalue weighted by Crippen LogP contribution is 2.29. The van der Waals surface area contributed by atoms with E-state index in [1.54, 1.807) is 18.2 Å². The van der Waals surface area contributed by atoms with Crippen LogP contribution in [0.15, 0.2) is 22.7 Å². The number of rotatable bonds is 2. The van der Waals surface area contributed by atoms with Crippen LogP contribution in [0.25, 0.3) is 0 Å². The lowest BCUT2D eigenvalue weighted by atomic mass is 10.1. The molecule has 0 aromatic heterocycles. The Bertz CT molecular complexity index is 507. The normalized spacial score (nSPS) is 19.0. The molecule has 2 rings (SSSR count). The van der Waals surface area contributed by atoms with E-state index in [0.717, 1.165) is 6.42 Å². The number of hydrogen-bond acceptors (Lipinski definition) is 2. The van der Waals surface area contributed by atoms with Crippen molar-refractivity contribution < 1.29 is 9.59 Å². The Balaban J connectivity index is 2.31. The van der Waals surface area contributed by atoms with Crippen LogP contribution in [0.3, 0.4) is 0 Å². The second-order valence-electron chi connectivity index (χ2n) is 4.16. The van der Waals surface area contributed by atoms with E-state index in [2.05, 4.69) is 15.9 Å². The van der Waals surface area contributed by atoms with Crippen LogP contribution in [0.4, 0.5) is 0 Å². The van der Waals surface area contributed by atoms with Gasteiger partial charge in [0.25, 0.3) is 5.91 Å². The summed E-state index contributed by atoms with van der Waals surface area (Å²) in [4.78, 5) is 25.1. The predicted molar refractivity (Wildman–Crippen MR) is 72.4 cm³/mol. The summed E-state index contributed by atoms with van der Waals surface area (Å²) in [7, 11) is 0. The fourth-order valence-corrected chi connectivity index (χ4v) is 2.70. The second-order valence-corrected chi connectivity index (χ2v) is 5.39. The van der Waals surface area contributed by atoms with E-state index < -0.39 is 11.9 Å². The van der Waals surface area contributed by atoms with Crippen LogP contribution in [0.2, 0.25) is 5.02 Å². The molecule has 96 valence electrons. The monoisotopic (exact) mass is 330 g/mol. The van der Waals surface area contributed by atoms with Crippen molar-refractivity contribution in [2.24, 2.45) is 5.73 Å². The van der Waals surface area contributed by atoms with Crippen molar-refractivity contribution in [2.75, 3.05) is 6.54 Å². The summed E-state index contributed by atoms with van der Waals surface area (Å²) in [5.41, 5.74) is 5.69. The molecule has 1 fully saturated rings. The number of primary amides is 1. The molecule has 1 atom stereocenters. The zero-order valence-corrected chi connectivity index (χ0v) is 11.9. The van der Waals surface area contributed by atoms with E-state index in [1.165, 1.54) is 4.90 Å². The average molecular weight is 332 g/mol. The van der Waals surface area contributed by atoms with Crippen LogP contribution in [0.5, 0.6) is 0 Å². The largest absolute Gasteiger partial charge is 0.368 e. The van der Waals surface area contributed by atoms with Gasteiger partial charge in [0.1, 0.15) is 6.04 Å². The first-order valence-corrected chi connectivity index (χ1v) is 6.73. The fraction of sp³-hybridized carbons (Fsp3) is 0.333. The molecule has 6 heteroatoms. The predicted octanol–water partition coefficient (Wildman–Crippen LogP) is 2.19. The molecule has 0 spiro atoms. The minimum absolute atomic E-state index is 0.248. The van der Waals surface area contributed by atoms with Crippen molar-refractivity contribution in [3.8, 4) is 0 Å². The van der Waals surface area contributed by atoms with Gasteiger partial charge in [-0.05, 0) is 40.9 Å². The number of nitrogens with zero attached hydrogens (tertiary/aromatic N) is 1. The molecular formula is C12H12BrClN2O2. The number of nitrogens with two attached hydrogens (primary N) is 1. The maximum Gasteiger partial charge on any atom is 0.256 e. The number of amides is 2. The van der Waals surface area contributed by atoms with Gasteiger partial charge < -0.3 is 10.6 Å². The standard InChI is InChI=1S/C12H12BrClN2O2/c13-8-4-1-3-7(10(8)14)12(18)16-6-2-5-9(16)11(15)17/h1,3-4,9H,2,5-6H2,(H2,15,17). The molecule has 1 heterocycles. The summed E-state index contributed by atoms with van der Waals surface area (Å²) in [6.07, 6.45) is 1.40. The van der Waals surface area contributed by atoms with Crippen LogP contribution in [0.1, 0.15) is 23.2 Å². The summed E-state index contributed by atoms with van der Waals surface area (Å²) in [6, 6.07) is 4.62. The molecule has 1 saturated heterocycles. The number of benzene rings is 1. The van der Waals surface area contributed by atoms with Crippen molar-refractivity contribution >= 4 is 39.3 Å². The molecule has 18 heavy (non-hydrogen) atoms. The molecular weight excluding hydrogens is 320 g/mol. The quantitative estimate of drug-likeness (QED) is 0.903. The van der Waals surface area contributed by atoms with Crippen molar-refractivity contribution in [3.05, 3.63) is 33.3 Å². The zero-order chi connectivity index (χ0) is 13.3. The zero-order valence-electron chi connectivity index (χ0n) is 9.53. The fourth-order valence-electron chi connectivity index (χ4n) is 2.13. The Hall–Kier alpha value is -1.07. The molecule has 1 aliphatic heterocycles. The van der Waals surface area contributed by atoms with Gasteiger partial charge in [-0.15, -0.1) is 0 Å². The van der Waals surface area contributed by atoms with Gasteiger partial charge >= 0.3 is 0 Å². The number of halogens is 2. The maximum atomic E-state index is 12.3. The van der Waals surface area contributed by atoms with Crippen molar-refractivity contribution in [1.82, 2.24) is 4.90 Å². The Morgan fingerprint density at radius 2 is 2.17 bits per heavy atom. The lowest BCUT2D eigenvalue weighted by molar-refractivity contribution is -0.121. The summed E-state index contributed by atoms with van der Waals surface area (Å²) in [5.74, 6) is -0.713. The van der Waals surface area contributed by atoms with Crippen LogP contribution in [0, 0.1) is 0 Å². The topological polar surface area (TPSA) is 63.4 Å². The molecule has 2 amide bonds. The number of carbonyl (C=O) groups excluding carboxylic acids is 2.